The molecule has 0 radical (unpaired) electrons. The quantitative estimate of drug-likeness (QED) is 0.614. The van der Waals surface area contributed by atoms with Gasteiger partial charge in [-0.25, -0.2) is 4.79 Å². The second-order valence-electron chi connectivity index (χ2n) is 6.89. The topological polar surface area (TPSA) is 81.9 Å². The maximum absolute atomic E-state index is 12.9. The summed E-state index contributed by atoms with van der Waals surface area (Å²) in [6.07, 6.45) is -1.13. The molecule has 1 saturated heterocycles. The van der Waals surface area contributed by atoms with Gasteiger partial charge in [0.2, 0.25) is 6.10 Å². The predicted molar refractivity (Wildman–Crippen MR) is 117 cm³/mol. The Hall–Kier alpha value is -3.16. The number of amides is 1. The van der Waals surface area contributed by atoms with Gasteiger partial charge in [-0.05, 0) is 11.6 Å². The van der Waals surface area contributed by atoms with Crippen molar-refractivity contribution in [3.05, 3.63) is 77.2 Å². The molecule has 0 unspecified atom stereocenters. The SMILES string of the molecule is NC(=O)[C@H](OC(=O)c1cc(-c2ccccc2)c(N2CCOCC2)s1)c1ccccc1. The summed E-state index contributed by atoms with van der Waals surface area (Å²) in [6.45, 7) is 2.79. The Morgan fingerprint density at radius 2 is 1.63 bits per heavy atom. The molecule has 1 aliphatic rings. The number of nitrogens with zero attached hydrogens (tertiary/aromatic N) is 1. The fourth-order valence-electron chi connectivity index (χ4n) is 3.39. The van der Waals surface area contributed by atoms with Crippen molar-refractivity contribution < 1.29 is 19.1 Å². The molecule has 30 heavy (non-hydrogen) atoms. The zero-order valence-corrected chi connectivity index (χ0v) is 17.1. The Balaban J connectivity index is 1.65. The molecule has 2 heterocycles. The third kappa shape index (κ3) is 4.37. The van der Waals surface area contributed by atoms with Crippen LogP contribution in [0.4, 0.5) is 5.00 Å². The molecule has 2 aromatic carbocycles. The summed E-state index contributed by atoms with van der Waals surface area (Å²) in [5.41, 5.74) is 8.03. The van der Waals surface area contributed by atoms with Crippen LogP contribution in [-0.4, -0.2) is 38.2 Å². The minimum atomic E-state index is -1.13. The minimum Gasteiger partial charge on any atom is -0.443 e. The van der Waals surface area contributed by atoms with Crippen LogP contribution in [0.2, 0.25) is 0 Å². The third-order valence-electron chi connectivity index (χ3n) is 4.88. The van der Waals surface area contributed by atoms with Gasteiger partial charge in [0.05, 0.1) is 18.2 Å². The van der Waals surface area contributed by atoms with Gasteiger partial charge in [0.25, 0.3) is 5.91 Å². The molecule has 2 N–H and O–H groups in total. The molecule has 1 amide bonds. The fraction of sp³-hybridized carbons (Fsp3) is 0.217. The molecule has 154 valence electrons. The minimum absolute atomic E-state index is 0.428. The molecule has 4 rings (SSSR count). The van der Waals surface area contributed by atoms with Gasteiger partial charge < -0.3 is 20.1 Å². The van der Waals surface area contributed by atoms with Crippen molar-refractivity contribution in [1.82, 2.24) is 0 Å². The lowest BCUT2D eigenvalue weighted by atomic mass is 10.1. The van der Waals surface area contributed by atoms with Crippen LogP contribution in [0, 0.1) is 0 Å². The van der Waals surface area contributed by atoms with Crippen LogP contribution in [-0.2, 0) is 14.3 Å². The zero-order chi connectivity index (χ0) is 20.9. The molecule has 1 aliphatic heterocycles. The first-order valence-corrected chi connectivity index (χ1v) is 10.5. The van der Waals surface area contributed by atoms with Crippen LogP contribution >= 0.6 is 11.3 Å². The summed E-state index contributed by atoms with van der Waals surface area (Å²) < 4.78 is 11.0. The molecule has 3 aromatic rings. The van der Waals surface area contributed by atoms with Crippen LogP contribution < -0.4 is 10.6 Å². The van der Waals surface area contributed by atoms with Crippen molar-refractivity contribution >= 4 is 28.2 Å². The average molecular weight is 423 g/mol. The predicted octanol–water partition coefficient (Wildman–Crippen LogP) is 3.64. The van der Waals surface area contributed by atoms with E-state index in [0.717, 1.165) is 29.2 Å². The number of carbonyl (C=O) groups excluding carboxylic acids is 2. The van der Waals surface area contributed by atoms with Gasteiger partial charge in [-0.1, -0.05) is 60.7 Å². The molecule has 6 nitrogen and oxygen atoms in total. The Morgan fingerprint density at radius 1 is 1.00 bits per heavy atom. The number of carbonyl (C=O) groups is 2. The van der Waals surface area contributed by atoms with E-state index in [2.05, 4.69) is 4.90 Å². The number of morpholine rings is 1. The standard InChI is InChI=1S/C23H22N2O4S/c24-21(26)20(17-9-5-2-6-10-17)29-23(27)19-15-18(16-7-3-1-4-8-16)22(30-19)25-11-13-28-14-12-25/h1-10,15,20H,11-14H2,(H2,24,26)/t20-/m1/s1. The van der Waals surface area contributed by atoms with E-state index < -0.39 is 18.0 Å². The number of anilines is 1. The second kappa shape index (κ2) is 9.11. The smallest absolute Gasteiger partial charge is 0.349 e. The van der Waals surface area contributed by atoms with E-state index in [0.29, 0.717) is 23.7 Å². The number of ether oxygens (including phenoxy) is 2. The Bertz CT molecular complexity index is 1010. The number of nitrogens with two attached hydrogens (primary N) is 1. The number of thiophene rings is 1. The summed E-state index contributed by atoms with van der Waals surface area (Å²) in [7, 11) is 0. The molecule has 0 aliphatic carbocycles. The van der Waals surface area contributed by atoms with Crippen molar-refractivity contribution in [2.24, 2.45) is 5.73 Å². The van der Waals surface area contributed by atoms with Crippen LogP contribution in [0.25, 0.3) is 11.1 Å². The van der Waals surface area contributed by atoms with Crippen LogP contribution in [0.1, 0.15) is 21.3 Å². The molecule has 1 fully saturated rings. The van der Waals surface area contributed by atoms with E-state index in [1.807, 2.05) is 42.5 Å². The Kier molecular flexibility index (Phi) is 6.11. The molecular formula is C23H22N2O4S. The summed E-state index contributed by atoms with van der Waals surface area (Å²) in [4.78, 5) is 27.5. The highest BCUT2D eigenvalue weighted by Gasteiger charge is 2.27. The summed E-state index contributed by atoms with van der Waals surface area (Å²) in [6, 6.07) is 20.5. The summed E-state index contributed by atoms with van der Waals surface area (Å²) in [5.74, 6) is -1.27. The number of hydrogen-bond donors (Lipinski definition) is 1. The lowest BCUT2D eigenvalue weighted by Crippen LogP contribution is -2.35. The molecule has 0 bridgehead atoms. The molecular weight excluding hydrogens is 400 g/mol. The maximum atomic E-state index is 12.9. The Morgan fingerprint density at radius 3 is 2.27 bits per heavy atom. The van der Waals surface area contributed by atoms with Crippen molar-refractivity contribution in [1.29, 1.82) is 0 Å². The van der Waals surface area contributed by atoms with E-state index in [1.165, 1.54) is 11.3 Å². The lowest BCUT2D eigenvalue weighted by molar-refractivity contribution is -0.127. The normalized spacial score (nSPS) is 14.9. The molecule has 1 atom stereocenters. The average Bonchev–Trinajstić information content (AvgIpc) is 3.24. The van der Waals surface area contributed by atoms with Gasteiger partial charge in [-0.2, -0.15) is 0 Å². The number of rotatable bonds is 6. The molecule has 0 saturated carbocycles. The molecule has 1 aromatic heterocycles. The molecule has 0 spiro atoms. The molecule has 7 heteroatoms. The summed E-state index contributed by atoms with van der Waals surface area (Å²) >= 11 is 1.36. The highest BCUT2D eigenvalue weighted by atomic mass is 32.1. The number of benzene rings is 2. The fourth-order valence-corrected chi connectivity index (χ4v) is 4.51. The Labute approximate surface area is 178 Å². The van der Waals surface area contributed by atoms with E-state index in [9.17, 15) is 9.59 Å². The van der Waals surface area contributed by atoms with Crippen LogP contribution in [0.5, 0.6) is 0 Å². The van der Waals surface area contributed by atoms with Gasteiger partial charge in [-0.15, -0.1) is 11.3 Å². The van der Waals surface area contributed by atoms with Crippen LogP contribution in [0.3, 0.4) is 0 Å². The lowest BCUT2D eigenvalue weighted by Gasteiger charge is -2.28. The maximum Gasteiger partial charge on any atom is 0.349 e. The van der Waals surface area contributed by atoms with Gasteiger partial charge in [0, 0.05) is 24.2 Å². The third-order valence-corrected chi connectivity index (χ3v) is 6.06. The summed E-state index contributed by atoms with van der Waals surface area (Å²) in [5, 5.41) is 0.992. The van der Waals surface area contributed by atoms with E-state index in [-0.39, 0.29) is 0 Å². The first-order chi connectivity index (χ1) is 14.6. The zero-order valence-electron chi connectivity index (χ0n) is 16.3. The van der Waals surface area contributed by atoms with E-state index in [1.54, 1.807) is 24.3 Å². The number of hydrogen-bond acceptors (Lipinski definition) is 6. The first kappa shape index (κ1) is 20.1. The highest BCUT2D eigenvalue weighted by Crippen LogP contribution is 2.40. The monoisotopic (exact) mass is 422 g/mol. The largest absolute Gasteiger partial charge is 0.443 e. The first-order valence-electron chi connectivity index (χ1n) is 9.70. The highest BCUT2D eigenvalue weighted by molar-refractivity contribution is 7.18. The number of esters is 1. The van der Waals surface area contributed by atoms with E-state index in [4.69, 9.17) is 15.2 Å². The van der Waals surface area contributed by atoms with Gasteiger partial charge in [-0.3, -0.25) is 4.79 Å². The van der Waals surface area contributed by atoms with Gasteiger partial charge in [0.15, 0.2) is 0 Å². The van der Waals surface area contributed by atoms with E-state index >= 15 is 0 Å². The van der Waals surface area contributed by atoms with Gasteiger partial charge >= 0.3 is 5.97 Å². The van der Waals surface area contributed by atoms with Crippen molar-refractivity contribution in [3.63, 3.8) is 0 Å². The van der Waals surface area contributed by atoms with Crippen molar-refractivity contribution in [3.8, 4) is 11.1 Å². The van der Waals surface area contributed by atoms with Crippen molar-refractivity contribution in [2.45, 2.75) is 6.10 Å². The number of primary amides is 1. The van der Waals surface area contributed by atoms with Gasteiger partial charge in [0.1, 0.15) is 4.88 Å². The second-order valence-corrected chi connectivity index (χ2v) is 7.92. The van der Waals surface area contributed by atoms with Crippen LogP contribution in [0.15, 0.2) is 66.7 Å². The van der Waals surface area contributed by atoms with Crippen molar-refractivity contribution in [2.75, 3.05) is 31.2 Å².